The summed E-state index contributed by atoms with van der Waals surface area (Å²) >= 11 is 2.71. The van der Waals surface area contributed by atoms with Crippen molar-refractivity contribution in [3.63, 3.8) is 0 Å². The Bertz CT molecular complexity index is 1250. The lowest BCUT2D eigenvalue weighted by Crippen LogP contribution is -2.20. The van der Waals surface area contributed by atoms with Crippen molar-refractivity contribution in [2.45, 2.75) is 10.9 Å². The largest absolute Gasteiger partial charge is 0.497 e. The van der Waals surface area contributed by atoms with Gasteiger partial charge in [0.15, 0.2) is 5.16 Å². The Hall–Kier alpha value is -3.17. The van der Waals surface area contributed by atoms with E-state index in [0.717, 1.165) is 5.56 Å². The van der Waals surface area contributed by atoms with Crippen LogP contribution in [-0.2, 0) is 5.75 Å². The molecule has 0 unspecified atom stereocenters. The first-order valence-electron chi connectivity index (χ1n) is 8.57. The third-order valence-corrected chi connectivity index (χ3v) is 6.17. The summed E-state index contributed by atoms with van der Waals surface area (Å²) in [5.74, 6) is 1.14. The predicted octanol–water partition coefficient (Wildman–Crippen LogP) is 4.66. The minimum atomic E-state index is -0.420. The summed E-state index contributed by atoms with van der Waals surface area (Å²) < 4.78 is 7.35. The molecule has 0 spiro atoms. The van der Waals surface area contributed by atoms with Gasteiger partial charge in [0.2, 0.25) is 0 Å². The van der Waals surface area contributed by atoms with E-state index in [1.165, 1.54) is 35.2 Å². The molecular weight excluding hydrogens is 410 g/mol. The van der Waals surface area contributed by atoms with Gasteiger partial charge in [0.1, 0.15) is 10.4 Å². The van der Waals surface area contributed by atoms with Crippen molar-refractivity contribution in [1.29, 1.82) is 0 Å². The fraction of sp³-hybridized carbons (Fsp3) is 0.100. The van der Waals surface area contributed by atoms with Gasteiger partial charge in [-0.1, -0.05) is 23.9 Å². The number of methoxy groups -OCH3 is 1. The highest BCUT2D eigenvalue weighted by Crippen LogP contribution is 2.27. The molecule has 2 heterocycles. The van der Waals surface area contributed by atoms with E-state index in [2.05, 4.69) is 4.98 Å². The van der Waals surface area contributed by atoms with Crippen molar-refractivity contribution < 1.29 is 9.66 Å². The molecule has 0 bridgehead atoms. The quantitative estimate of drug-likeness (QED) is 0.193. The van der Waals surface area contributed by atoms with Crippen LogP contribution in [0, 0.1) is 10.1 Å². The molecule has 0 fully saturated rings. The third-order valence-electron chi connectivity index (χ3n) is 4.27. The van der Waals surface area contributed by atoms with Crippen LogP contribution >= 0.6 is 23.1 Å². The number of aromatic nitrogens is 2. The second-order valence-electron chi connectivity index (χ2n) is 6.08. The van der Waals surface area contributed by atoms with Crippen LogP contribution in [0.15, 0.2) is 69.9 Å². The van der Waals surface area contributed by atoms with E-state index in [4.69, 9.17) is 4.74 Å². The molecule has 4 rings (SSSR count). The number of hydrogen-bond acceptors (Lipinski definition) is 7. The zero-order valence-electron chi connectivity index (χ0n) is 15.3. The zero-order chi connectivity index (χ0) is 20.4. The van der Waals surface area contributed by atoms with Crippen LogP contribution < -0.4 is 10.3 Å². The standard InChI is InChI=1S/C20H15N3O4S2/c1-27-16-7-5-14(6-8-16)22-19(24)18-17(9-10-28-18)21-20(22)29-12-13-3-2-4-15(11-13)23(25)26/h2-11H,12H2,1H3. The smallest absolute Gasteiger partial charge is 0.276 e. The maximum Gasteiger partial charge on any atom is 0.276 e. The number of nitrogens with zero attached hydrogens (tertiary/aromatic N) is 3. The summed E-state index contributed by atoms with van der Waals surface area (Å²) in [4.78, 5) is 28.4. The lowest BCUT2D eigenvalue weighted by atomic mass is 10.2. The van der Waals surface area contributed by atoms with Crippen LogP contribution in [0.3, 0.4) is 0 Å². The van der Waals surface area contributed by atoms with Gasteiger partial charge in [-0.2, -0.15) is 0 Å². The monoisotopic (exact) mass is 425 g/mol. The fourth-order valence-corrected chi connectivity index (χ4v) is 4.57. The minimum Gasteiger partial charge on any atom is -0.497 e. The number of fused-ring (bicyclic) bond motifs is 1. The Balaban J connectivity index is 1.75. The minimum absolute atomic E-state index is 0.0388. The van der Waals surface area contributed by atoms with E-state index in [9.17, 15) is 14.9 Å². The molecular formula is C20H15N3O4S2. The molecule has 9 heteroatoms. The van der Waals surface area contributed by atoms with Crippen molar-refractivity contribution in [1.82, 2.24) is 9.55 Å². The third kappa shape index (κ3) is 3.87. The molecule has 0 atom stereocenters. The summed E-state index contributed by atoms with van der Waals surface area (Å²) in [6.45, 7) is 0. The maximum atomic E-state index is 13.1. The molecule has 29 heavy (non-hydrogen) atoms. The summed E-state index contributed by atoms with van der Waals surface area (Å²) in [5, 5.41) is 13.4. The average molecular weight is 425 g/mol. The lowest BCUT2D eigenvalue weighted by Gasteiger charge is -2.12. The molecule has 0 aliphatic heterocycles. The van der Waals surface area contributed by atoms with Gasteiger partial charge < -0.3 is 4.74 Å². The number of nitro groups is 1. The van der Waals surface area contributed by atoms with Crippen molar-refractivity contribution in [3.05, 3.63) is 86.0 Å². The lowest BCUT2D eigenvalue weighted by molar-refractivity contribution is -0.384. The summed E-state index contributed by atoms with van der Waals surface area (Å²) in [5.41, 5.74) is 2.00. The van der Waals surface area contributed by atoms with Gasteiger partial charge >= 0.3 is 0 Å². The van der Waals surface area contributed by atoms with Crippen molar-refractivity contribution in [2.24, 2.45) is 0 Å². The van der Waals surface area contributed by atoms with E-state index in [-0.39, 0.29) is 11.2 Å². The van der Waals surface area contributed by atoms with Crippen LogP contribution in [0.25, 0.3) is 15.9 Å². The molecule has 146 valence electrons. The van der Waals surface area contributed by atoms with E-state index in [0.29, 0.717) is 32.6 Å². The highest BCUT2D eigenvalue weighted by atomic mass is 32.2. The van der Waals surface area contributed by atoms with Crippen molar-refractivity contribution in [3.8, 4) is 11.4 Å². The van der Waals surface area contributed by atoms with E-state index in [1.807, 2.05) is 17.5 Å². The molecule has 2 aromatic heterocycles. The molecule has 0 aliphatic carbocycles. The maximum absolute atomic E-state index is 13.1. The van der Waals surface area contributed by atoms with E-state index >= 15 is 0 Å². The first kappa shape index (κ1) is 19.2. The number of nitro benzene ring substituents is 1. The molecule has 0 saturated carbocycles. The van der Waals surface area contributed by atoms with Gasteiger partial charge in [0.05, 0.1) is 23.2 Å². The molecule has 4 aromatic rings. The van der Waals surface area contributed by atoms with Gasteiger partial charge in [-0.05, 0) is 41.3 Å². The van der Waals surface area contributed by atoms with Crippen molar-refractivity contribution in [2.75, 3.05) is 7.11 Å². The van der Waals surface area contributed by atoms with Crippen molar-refractivity contribution >= 4 is 39.0 Å². The van der Waals surface area contributed by atoms with Crippen LogP contribution in [0.5, 0.6) is 5.75 Å². The number of ether oxygens (including phenoxy) is 1. The fourth-order valence-electron chi connectivity index (χ4n) is 2.86. The summed E-state index contributed by atoms with van der Waals surface area (Å²) in [6, 6.07) is 15.5. The Morgan fingerprint density at radius 3 is 2.72 bits per heavy atom. The Morgan fingerprint density at radius 2 is 2.00 bits per heavy atom. The Kier molecular flexibility index (Phi) is 5.32. The first-order chi connectivity index (χ1) is 14.1. The molecule has 0 radical (unpaired) electrons. The Morgan fingerprint density at radius 1 is 1.21 bits per heavy atom. The Labute approximate surface area is 173 Å². The van der Waals surface area contributed by atoms with Crippen LogP contribution in [0.2, 0.25) is 0 Å². The number of non-ortho nitro benzene ring substituents is 1. The van der Waals surface area contributed by atoms with Crippen LogP contribution in [0.4, 0.5) is 5.69 Å². The SMILES string of the molecule is COc1ccc(-n2c(SCc3cccc([N+](=O)[O-])c3)nc3ccsc3c2=O)cc1. The van der Waals surface area contributed by atoms with Gasteiger partial charge in [-0.25, -0.2) is 4.98 Å². The molecule has 7 nitrogen and oxygen atoms in total. The zero-order valence-corrected chi connectivity index (χ0v) is 16.9. The molecule has 0 N–H and O–H groups in total. The van der Waals surface area contributed by atoms with Crippen LogP contribution in [-0.4, -0.2) is 21.6 Å². The highest BCUT2D eigenvalue weighted by molar-refractivity contribution is 7.98. The first-order valence-corrected chi connectivity index (χ1v) is 10.4. The second kappa shape index (κ2) is 8.06. The number of benzene rings is 2. The molecule has 0 amide bonds. The number of thiophene rings is 1. The number of thioether (sulfide) groups is 1. The van der Waals surface area contributed by atoms with Gasteiger partial charge in [0, 0.05) is 17.9 Å². The summed E-state index contributed by atoms with van der Waals surface area (Å²) in [7, 11) is 1.58. The topological polar surface area (TPSA) is 87.3 Å². The van der Waals surface area contributed by atoms with E-state index in [1.54, 1.807) is 42.0 Å². The number of rotatable bonds is 6. The van der Waals surface area contributed by atoms with E-state index < -0.39 is 4.92 Å². The molecule has 0 saturated heterocycles. The van der Waals surface area contributed by atoms with Gasteiger partial charge in [-0.3, -0.25) is 19.5 Å². The average Bonchev–Trinajstić information content (AvgIpc) is 3.22. The van der Waals surface area contributed by atoms with Gasteiger partial charge in [-0.15, -0.1) is 11.3 Å². The van der Waals surface area contributed by atoms with Gasteiger partial charge in [0.25, 0.3) is 11.2 Å². The normalized spacial score (nSPS) is 10.9. The molecule has 0 aliphatic rings. The molecule has 2 aromatic carbocycles. The number of hydrogen-bond donors (Lipinski definition) is 0. The van der Waals surface area contributed by atoms with Crippen LogP contribution in [0.1, 0.15) is 5.56 Å². The second-order valence-corrected chi connectivity index (χ2v) is 7.94. The highest BCUT2D eigenvalue weighted by Gasteiger charge is 2.15. The summed E-state index contributed by atoms with van der Waals surface area (Å²) in [6.07, 6.45) is 0. The predicted molar refractivity (Wildman–Crippen MR) is 114 cm³/mol.